The molecule has 0 radical (unpaired) electrons. The van der Waals surface area contributed by atoms with Gasteiger partial charge >= 0.3 is 6.03 Å². The van der Waals surface area contributed by atoms with Crippen LogP contribution in [-0.2, 0) is 22.6 Å². The van der Waals surface area contributed by atoms with Gasteiger partial charge < -0.3 is 31.2 Å². The molecule has 2 aromatic rings. The van der Waals surface area contributed by atoms with Crippen LogP contribution >= 0.6 is 0 Å². The zero-order valence-corrected chi connectivity index (χ0v) is 22.0. The number of aromatic nitrogens is 4. The smallest absolute Gasteiger partial charge is 0.314 e. The maximum absolute atomic E-state index is 12.7. The molecule has 1 atom stereocenters. The van der Waals surface area contributed by atoms with Gasteiger partial charge in [-0.15, -0.1) is 5.10 Å². The molecule has 0 saturated heterocycles. The fraction of sp³-hybridized carbons (Fsp3) is 0.640. The molecule has 0 bridgehead atoms. The molecule has 1 fully saturated rings. The number of carbonyl (C=O) groups excluding carboxylic acids is 2. The summed E-state index contributed by atoms with van der Waals surface area (Å²) in [7, 11) is 1.56. The zero-order chi connectivity index (χ0) is 26.7. The van der Waals surface area contributed by atoms with Gasteiger partial charge in [0.2, 0.25) is 5.91 Å². The minimum absolute atomic E-state index is 0.244. The van der Waals surface area contributed by atoms with Gasteiger partial charge in [0, 0.05) is 25.8 Å². The van der Waals surface area contributed by atoms with E-state index >= 15 is 0 Å². The highest BCUT2D eigenvalue weighted by molar-refractivity contribution is 5.85. The van der Waals surface area contributed by atoms with E-state index in [4.69, 9.17) is 15.2 Å². The standard InChI is InChI=1S/C25H40N8O4/c1-25(2,26)23(34)29-20(17-36-16-18-9-5-4-6-10-18)22-30-31-32-33(22)13-14-37-21-12-8-7-11-19(21)15-28-24(35)27-3/h7-8,11-12,18,20H,4-6,9-10,13-17,26H2,1-3H3,(H,29,34)(H2,27,28,35)/t20-/m1/s1. The predicted molar refractivity (Wildman–Crippen MR) is 138 cm³/mol. The summed E-state index contributed by atoms with van der Waals surface area (Å²) < 4.78 is 13.6. The van der Waals surface area contributed by atoms with Gasteiger partial charge in [0.25, 0.3) is 0 Å². The Morgan fingerprint density at radius 2 is 1.97 bits per heavy atom. The van der Waals surface area contributed by atoms with Crippen LogP contribution < -0.4 is 26.4 Å². The second-order valence-electron chi connectivity index (χ2n) is 9.94. The normalized spacial score (nSPS) is 15.1. The van der Waals surface area contributed by atoms with Crippen LogP contribution in [0.2, 0.25) is 0 Å². The van der Waals surface area contributed by atoms with E-state index in [2.05, 4.69) is 31.5 Å². The van der Waals surface area contributed by atoms with E-state index in [-0.39, 0.29) is 25.2 Å². The monoisotopic (exact) mass is 516 g/mol. The Morgan fingerprint density at radius 3 is 2.70 bits per heavy atom. The van der Waals surface area contributed by atoms with Gasteiger partial charge in [-0.05, 0) is 49.1 Å². The van der Waals surface area contributed by atoms with Gasteiger partial charge in [-0.3, -0.25) is 4.79 Å². The molecule has 12 heteroatoms. The van der Waals surface area contributed by atoms with Crippen molar-refractivity contribution in [2.45, 2.75) is 70.6 Å². The molecule has 1 aliphatic rings. The number of carbonyl (C=O) groups is 2. The van der Waals surface area contributed by atoms with Crippen LogP contribution in [0.15, 0.2) is 24.3 Å². The average molecular weight is 517 g/mol. The van der Waals surface area contributed by atoms with Crippen LogP contribution in [0.25, 0.3) is 0 Å². The molecule has 12 nitrogen and oxygen atoms in total. The minimum Gasteiger partial charge on any atom is -0.491 e. The molecule has 0 unspecified atom stereocenters. The minimum atomic E-state index is -1.06. The van der Waals surface area contributed by atoms with Crippen molar-refractivity contribution in [3.05, 3.63) is 35.7 Å². The second kappa shape index (κ2) is 13.9. The van der Waals surface area contributed by atoms with E-state index in [1.54, 1.807) is 25.6 Å². The molecule has 204 valence electrons. The Labute approximate surface area is 218 Å². The number of benzene rings is 1. The number of ether oxygens (including phenoxy) is 2. The van der Waals surface area contributed by atoms with Crippen LogP contribution in [0, 0.1) is 5.92 Å². The van der Waals surface area contributed by atoms with Crippen molar-refractivity contribution in [1.29, 1.82) is 0 Å². The SMILES string of the molecule is CNC(=O)NCc1ccccc1OCCn1nnnc1[C@@H](COCC1CCCCC1)NC(=O)C(C)(C)N. The van der Waals surface area contributed by atoms with Gasteiger partial charge in [-0.2, -0.15) is 0 Å². The van der Waals surface area contributed by atoms with Gasteiger partial charge in [0.05, 0.1) is 18.7 Å². The third kappa shape index (κ3) is 8.97. The largest absolute Gasteiger partial charge is 0.491 e. The highest BCUT2D eigenvalue weighted by Crippen LogP contribution is 2.24. The number of nitrogens with two attached hydrogens (primary N) is 1. The Kier molecular flexibility index (Phi) is 10.6. The van der Waals surface area contributed by atoms with Crippen molar-refractivity contribution in [3.63, 3.8) is 0 Å². The summed E-state index contributed by atoms with van der Waals surface area (Å²) in [6.07, 6.45) is 6.09. The van der Waals surface area contributed by atoms with Gasteiger partial charge in [0.1, 0.15) is 18.4 Å². The highest BCUT2D eigenvalue weighted by Gasteiger charge is 2.29. The molecule has 1 aromatic carbocycles. The first-order valence-electron chi connectivity index (χ1n) is 12.9. The van der Waals surface area contributed by atoms with Crippen LogP contribution in [0.1, 0.15) is 63.4 Å². The molecule has 1 aliphatic carbocycles. The number of hydrogen-bond donors (Lipinski definition) is 4. The first-order valence-corrected chi connectivity index (χ1v) is 12.9. The number of amides is 3. The molecule has 5 N–H and O–H groups in total. The number of nitrogens with zero attached hydrogens (tertiary/aromatic N) is 4. The molecule has 1 heterocycles. The highest BCUT2D eigenvalue weighted by atomic mass is 16.5. The summed E-state index contributed by atoms with van der Waals surface area (Å²) >= 11 is 0. The van der Waals surface area contributed by atoms with Crippen molar-refractivity contribution in [3.8, 4) is 5.75 Å². The quantitative estimate of drug-likeness (QED) is 0.313. The summed E-state index contributed by atoms with van der Waals surface area (Å²) in [5.41, 5.74) is 5.80. The van der Waals surface area contributed by atoms with Crippen molar-refractivity contribution in [2.75, 3.05) is 26.9 Å². The topological polar surface area (TPSA) is 158 Å². The molecule has 1 aromatic heterocycles. The number of hydrogen-bond acceptors (Lipinski definition) is 8. The summed E-state index contributed by atoms with van der Waals surface area (Å²) in [4.78, 5) is 24.2. The van der Waals surface area contributed by atoms with Gasteiger partial charge in [-0.25, -0.2) is 9.48 Å². The predicted octanol–water partition coefficient (Wildman–Crippen LogP) is 1.67. The Morgan fingerprint density at radius 1 is 1.22 bits per heavy atom. The Balaban J connectivity index is 1.62. The zero-order valence-electron chi connectivity index (χ0n) is 22.0. The van der Waals surface area contributed by atoms with Crippen LogP contribution in [0.3, 0.4) is 0 Å². The number of tetrazole rings is 1. The summed E-state index contributed by atoms with van der Waals surface area (Å²) in [6.45, 7) is 5.14. The number of rotatable bonds is 13. The fourth-order valence-electron chi connectivity index (χ4n) is 4.15. The van der Waals surface area contributed by atoms with E-state index in [1.807, 2.05) is 24.3 Å². The lowest BCUT2D eigenvalue weighted by atomic mass is 9.90. The van der Waals surface area contributed by atoms with Crippen molar-refractivity contribution < 1.29 is 19.1 Å². The van der Waals surface area contributed by atoms with Crippen molar-refractivity contribution in [2.24, 2.45) is 11.7 Å². The molecule has 0 spiro atoms. The first kappa shape index (κ1) is 28.3. The molecular weight excluding hydrogens is 476 g/mol. The van der Waals surface area contributed by atoms with Crippen molar-refractivity contribution in [1.82, 2.24) is 36.2 Å². The molecule has 37 heavy (non-hydrogen) atoms. The van der Waals surface area contributed by atoms with E-state index in [1.165, 1.54) is 32.1 Å². The van der Waals surface area contributed by atoms with Crippen molar-refractivity contribution >= 4 is 11.9 Å². The maximum atomic E-state index is 12.7. The van der Waals surface area contributed by atoms with E-state index in [0.717, 1.165) is 5.56 Å². The summed E-state index contributed by atoms with van der Waals surface area (Å²) in [5, 5.41) is 20.3. The lowest BCUT2D eigenvalue weighted by molar-refractivity contribution is -0.126. The second-order valence-corrected chi connectivity index (χ2v) is 9.94. The van der Waals surface area contributed by atoms with E-state index in [0.29, 0.717) is 37.2 Å². The Bertz CT molecular complexity index is 1000. The first-order chi connectivity index (χ1) is 17.8. The number of para-hydroxylation sites is 1. The Hall–Kier alpha value is -3.25. The summed E-state index contributed by atoms with van der Waals surface area (Å²) in [6, 6.07) is 6.65. The van der Waals surface area contributed by atoms with Crippen LogP contribution in [-0.4, -0.2) is 64.6 Å². The molecular formula is C25H40N8O4. The third-order valence-electron chi connectivity index (χ3n) is 6.32. The van der Waals surface area contributed by atoms with Crippen LogP contribution in [0.5, 0.6) is 5.75 Å². The van der Waals surface area contributed by atoms with E-state index in [9.17, 15) is 9.59 Å². The maximum Gasteiger partial charge on any atom is 0.314 e. The van der Waals surface area contributed by atoms with Gasteiger partial charge in [0.15, 0.2) is 5.82 Å². The number of urea groups is 1. The van der Waals surface area contributed by atoms with Gasteiger partial charge in [-0.1, -0.05) is 37.5 Å². The average Bonchev–Trinajstić information content (AvgIpc) is 3.35. The summed E-state index contributed by atoms with van der Waals surface area (Å²) in [5.74, 6) is 1.35. The molecule has 3 amide bonds. The fourth-order valence-corrected chi connectivity index (χ4v) is 4.15. The molecule has 3 rings (SSSR count). The van der Waals surface area contributed by atoms with Crippen LogP contribution in [0.4, 0.5) is 4.79 Å². The lowest BCUT2D eigenvalue weighted by Gasteiger charge is -2.25. The third-order valence-corrected chi connectivity index (χ3v) is 6.32. The van der Waals surface area contributed by atoms with E-state index < -0.39 is 11.6 Å². The lowest BCUT2D eigenvalue weighted by Crippen LogP contribution is -2.51. The molecule has 1 saturated carbocycles. The number of nitrogens with one attached hydrogen (secondary N) is 3. The molecule has 0 aliphatic heterocycles.